The molecule has 1 saturated carbocycles. The Morgan fingerprint density at radius 2 is 2.00 bits per heavy atom. The highest BCUT2D eigenvalue weighted by atomic mass is 16.2. The summed E-state index contributed by atoms with van der Waals surface area (Å²) >= 11 is 0. The highest BCUT2D eigenvalue weighted by Gasteiger charge is 2.38. The van der Waals surface area contributed by atoms with Crippen LogP contribution in [0.4, 0.5) is 0 Å². The first kappa shape index (κ1) is 12.6. The van der Waals surface area contributed by atoms with Crippen molar-refractivity contribution in [3.63, 3.8) is 0 Å². The number of hydrogen-bond acceptors (Lipinski definition) is 2. The van der Waals surface area contributed by atoms with Gasteiger partial charge in [0.25, 0.3) is 0 Å². The fourth-order valence-electron chi connectivity index (χ4n) is 2.14. The second kappa shape index (κ2) is 4.81. The van der Waals surface area contributed by atoms with E-state index < -0.39 is 5.54 Å². The average Bonchev–Trinajstić information content (AvgIpc) is 3.14. The third kappa shape index (κ3) is 2.89. The van der Waals surface area contributed by atoms with Crippen molar-refractivity contribution in [1.29, 1.82) is 5.26 Å². The molecule has 1 aromatic rings. The van der Waals surface area contributed by atoms with E-state index in [1.165, 1.54) is 0 Å². The van der Waals surface area contributed by atoms with E-state index in [1.54, 1.807) is 13.8 Å². The van der Waals surface area contributed by atoms with Crippen LogP contribution in [0.2, 0.25) is 0 Å². The van der Waals surface area contributed by atoms with Gasteiger partial charge in [-0.25, -0.2) is 0 Å². The minimum Gasteiger partial charge on any atom is -0.338 e. The van der Waals surface area contributed by atoms with Gasteiger partial charge in [-0.1, -0.05) is 30.3 Å². The summed E-state index contributed by atoms with van der Waals surface area (Å²) in [4.78, 5) is 12.3. The van der Waals surface area contributed by atoms with Gasteiger partial charge in [-0.3, -0.25) is 4.79 Å². The van der Waals surface area contributed by atoms with Gasteiger partial charge in [0.05, 0.1) is 12.0 Å². The van der Waals surface area contributed by atoms with Crippen LogP contribution in [0.3, 0.4) is 0 Å². The van der Waals surface area contributed by atoms with Crippen LogP contribution in [-0.2, 0) is 4.79 Å². The van der Waals surface area contributed by atoms with Crippen molar-refractivity contribution < 1.29 is 4.79 Å². The summed E-state index contributed by atoms with van der Waals surface area (Å²) in [6.45, 7) is 3.44. The first-order valence-electron chi connectivity index (χ1n) is 6.32. The van der Waals surface area contributed by atoms with E-state index in [0.29, 0.717) is 5.92 Å². The van der Waals surface area contributed by atoms with Crippen molar-refractivity contribution in [2.24, 2.45) is 5.92 Å². The Kier molecular flexibility index (Phi) is 3.38. The number of benzene rings is 1. The van der Waals surface area contributed by atoms with Crippen molar-refractivity contribution in [1.82, 2.24) is 5.32 Å². The van der Waals surface area contributed by atoms with E-state index in [2.05, 4.69) is 11.4 Å². The van der Waals surface area contributed by atoms with Crippen LogP contribution in [0.15, 0.2) is 30.3 Å². The van der Waals surface area contributed by atoms with Crippen LogP contribution in [0, 0.1) is 17.2 Å². The molecule has 0 heterocycles. The average molecular weight is 242 g/mol. The van der Waals surface area contributed by atoms with Gasteiger partial charge in [-0.05, 0) is 38.2 Å². The monoisotopic (exact) mass is 242 g/mol. The molecule has 1 aliphatic rings. The summed E-state index contributed by atoms with van der Waals surface area (Å²) in [5.74, 6) is 0.288. The minimum atomic E-state index is -0.807. The van der Waals surface area contributed by atoms with Gasteiger partial charge in [0.15, 0.2) is 0 Å². The molecule has 0 bridgehead atoms. The van der Waals surface area contributed by atoms with Crippen LogP contribution < -0.4 is 5.32 Å². The number of carbonyl (C=O) groups excluding carboxylic acids is 1. The van der Waals surface area contributed by atoms with Crippen LogP contribution in [0.1, 0.15) is 38.2 Å². The van der Waals surface area contributed by atoms with Gasteiger partial charge in [0.2, 0.25) is 5.91 Å². The third-order valence-electron chi connectivity index (χ3n) is 3.25. The standard InChI is InChI=1S/C15H18N2O/c1-15(2,10-16)17-14(18)13(12-8-9-12)11-6-4-3-5-7-11/h3-7,12-13H,8-9H2,1-2H3,(H,17,18). The van der Waals surface area contributed by atoms with Crippen LogP contribution in [-0.4, -0.2) is 11.4 Å². The number of rotatable bonds is 4. The molecule has 3 nitrogen and oxygen atoms in total. The highest BCUT2D eigenvalue weighted by molar-refractivity contribution is 5.85. The molecule has 2 rings (SSSR count). The molecule has 1 amide bonds. The molecule has 1 N–H and O–H groups in total. The molecular weight excluding hydrogens is 224 g/mol. The molecule has 0 spiro atoms. The molecule has 1 aromatic carbocycles. The molecule has 94 valence electrons. The molecule has 3 heteroatoms. The fraction of sp³-hybridized carbons (Fsp3) is 0.467. The van der Waals surface area contributed by atoms with Gasteiger partial charge >= 0.3 is 0 Å². The SMILES string of the molecule is CC(C)(C#N)NC(=O)C(c1ccccc1)C1CC1. The Balaban J connectivity index is 2.17. The van der Waals surface area contributed by atoms with Crippen molar-refractivity contribution in [3.8, 4) is 6.07 Å². The van der Waals surface area contributed by atoms with Crippen molar-refractivity contribution >= 4 is 5.91 Å². The molecule has 18 heavy (non-hydrogen) atoms. The largest absolute Gasteiger partial charge is 0.338 e. The summed E-state index contributed by atoms with van der Waals surface area (Å²) in [7, 11) is 0. The minimum absolute atomic E-state index is 0.0322. The van der Waals surface area contributed by atoms with E-state index in [9.17, 15) is 4.79 Å². The summed E-state index contributed by atoms with van der Waals surface area (Å²) < 4.78 is 0. The van der Waals surface area contributed by atoms with Gasteiger partial charge < -0.3 is 5.32 Å². The van der Waals surface area contributed by atoms with Crippen molar-refractivity contribution in [3.05, 3.63) is 35.9 Å². The first-order chi connectivity index (χ1) is 8.53. The van der Waals surface area contributed by atoms with Gasteiger partial charge in [-0.15, -0.1) is 0 Å². The van der Waals surface area contributed by atoms with Crippen molar-refractivity contribution in [2.75, 3.05) is 0 Å². The number of hydrogen-bond donors (Lipinski definition) is 1. The molecule has 0 aliphatic heterocycles. The molecule has 0 aromatic heterocycles. The lowest BCUT2D eigenvalue weighted by Gasteiger charge is -2.23. The number of nitrogens with zero attached hydrogens (tertiary/aromatic N) is 1. The summed E-state index contributed by atoms with van der Waals surface area (Å²) in [5.41, 5.74) is 0.241. The Morgan fingerprint density at radius 3 is 2.50 bits per heavy atom. The Morgan fingerprint density at radius 1 is 1.39 bits per heavy atom. The first-order valence-corrected chi connectivity index (χ1v) is 6.32. The lowest BCUT2D eigenvalue weighted by Crippen LogP contribution is -2.44. The van der Waals surface area contributed by atoms with Gasteiger partial charge in [-0.2, -0.15) is 5.26 Å². The van der Waals surface area contributed by atoms with Crippen LogP contribution in [0.5, 0.6) is 0 Å². The van der Waals surface area contributed by atoms with Gasteiger partial charge in [0, 0.05) is 0 Å². The Hall–Kier alpha value is -1.82. The van der Waals surface area contributed by atoms with E-state index in [1.807, 2.05) is 30.3 Å². The number of amides is 1. The molecule has 1 atom stereocenters. The normalized spacial score (nSPS) is 16.7. The van der Waals surface area contributed by atoms with E-state index in [-0.39, 0.29) is 11.8 Å². The lowest BCUT2D eigenvalue weighted by molar-refractivity contribution is -0.124. The molecule has 0 radical (unpaired) electrons. The van der Waals surface area contributed by atoms with Crippen molar-refractivity contribution in [2.45, 2.75) is 38.1 Å². The molecule has 0 saturated heterocycles. The molecule has 1 fully saturated rings. The highest BCUT2D eigenvalue weighted by Crippen LogP contribution is 2.42. The summed E-state index contributed by atoms with van der Waals surface area (Å²) in [6.07, 6.45) is 2.19. The fourth-order valence-corrected chi connectivity index (χ4v) is 2.14. The summed E-state index contributed by atoms with van der Waals surface area (Å²) in [5, 5.41) is 11.8. The maximum absolute atomic E-state index is 12.3. The van der Waals surface area contributed by atoms with E-state index in [4.69, 9.17) is 5.26 Å². The maximum atomic E-state index is 12.3. The molecular formula is C15H18N2O. The smallest absolute Gasteiger partial charge is 0.229 e. The van der Waals surface area contributed by atoms with E-state index in [0.717, 1.165) is 18.4 Å². The maximum Gasteiger partial charge on any atom is 0.229 e. The summed E-state index contributed by atoms with van der Waals surface area (Å²) in [6, 6.07) is 11.9. The zero-order chi connectivity index (χ0) is 13.2. The molecule has 1 unspecified atom stereocenters. The van der Waals surface area contributed by atoms with Crippen LogP contribution in [0.25, 0.3) is 0 Å². The molecule has 1 aliphatic carbocycles. The Labute approximate surface area is 108 Å². The lowest BCUT2D eigenvalue weighted by atomic mass is 9.92. The zero-order valence-electron chi connectivity index (χ0n) is 10.8. The topological polar surface area (TPSA) is 52.9 Å². The predicted octanol–water partition coefficient (Wildman–Crippen LogP) is 2.60. The van der Waals surface area contributed by atoms with E-state index >= 15 is 0 Å². The number of carbonyl (C=O) groups is 1. The quantitative estimate of drug-likeness (QED) is 0.882. The zero-order valence-corrected chi connectivity index (χ0v) is 10.8. The third-order valence-corrected chi connectivity index (χ3v) is 3.25. The van der Waals surface area contributed by atoms with Crippen LogP contribution >= 0.6 is 0 Å². The van der Waals surface area contributed by atoms with Gasteiger partial charge in [0.1, 0.15) is 5.54 Å². The second-order valence-corrected chi connectivity index (χ2v) is 5.45. The second-order valence-electron chi connectivity index (χ2n) is 5.45. The Bertz CT molecular complexity index is 469. The number of nitriles is 1. The predicted molar refractivity (Wildman–Crippen MR) is 69.7 cm³/mol. The number of nitrogens with one attached hydrogen (secondary N) is 1.